The molecule has 2 fully saturated rings. The largest absolute Gasteiger partial charge is 0.372 e. The third-order valence-corrected chi connectivity index (χ3v) is 4.80. The molecule has 3 unspecified atom stereocenters. The Morgan fingerprint density at radius 2 is 2.05 bits per heavy atom. The van der Waals surface area contributed by atoms with Crippen LogP contribution in [0.5, 0.6) is 0 Å². The van der Waals surface area contributed by atoms with Crippen molar-refractivity contribution < 1.29 is 9.13 Å². The zero-order chi connectivity index (χ0) is 14.8. The maximum absolute atomic E-state index is 13.7. The lowest BCUT2D eigenvalue weighted by atomic mass is 10.0. The summed E-state index contributed by atoms with van der Waals surface area (Å²) in [7, 11) is 1.95. The zero-order valence-electron chi connectivity index (χ0n) is 12.9. The minimum Gasteiger partial charge on any atom is -0.372 e. The Kier molecular flexibility index (Phi) is 4.57. The third-order valence-electron chi connectivity index (χ3n) is 4.80. The number of rotatable bonds is 5. The van der Waals surface area contributed by atoms with Crippen molar-refractivity contribution in [1.82, 2.24) is 10.2 Å². The van der Waals surface area contributed by atoms with Crippen LogP contribution in [0, 0.1) is 12.7 Å². The molecule has 1 aromatic carbocycles. The molecule has 2 saturated heterocycles. The minimum atomic E-state index is -0.114. The molecule has 3 rings (SSSR count). The lowest BCUT2D eigenvalue weighted by Crippen LogP contribution is -2.43. The number of hydrogen-bond donors (Lipinski definition) is 1. The van der Waals surface area contributed by atoms with Gasteiger partial charge in [0.05, 0.1) is 12.2 Å². The summed E-state index contributed by atoms with van der Waals surface area (Å²) >= 11 is 0. The van der Waals surface area contributed by atoms with E-state index in [-0.39, 0.29) is 11.9 Å². The number of hydrogen-bond acceptors (Lipinski definition) is 3. The van der Waals surface area contributed by atoms with Gasteiger partial charge in [0.15, 0.2) is 0 Å². The summed E-state index contributed by atoms with van der Waals surface area (Å²) in [5, 5.41) is 3.32. The van der Waals surface area contributed by atoms with E-state index in [2.05, 4.69) is 10.2 Å². The number of morpholine rings is 1. The van der Waals surface area contributed by atoms with Crippen LogP contribution in [0.3, 0.4) is 0 Å². The number of aryl methyl sites for hydroxylation is 1. The summed E-state index contributed by atoms with van der Waals surface area (Å²) in [5.41, 5.74) is 1.75. The van der Waals surface area contributed by atoms with E-state index in [1.165, 1.54) is 12.8 Å². The lowest BCUT2D eigenvalue weighted by Gasteiger charge is -2.33. The van der Waals surface area contributed by atoms with Gasteiger partial charge in [-0.25, -0.2) is 4.39 Å². The Morgan fingerprint density at radius 1 is 1.33 bits per heavy atom. The number of likely N-dealkylation sites (tertiary alicyclic amines) is 1. The Bertz CT molecular complexity index is 482. The fourth-order valence-electron chi connectivity index (χ4n) is 3.50. The molecule has 2 heterocycles. The molecule has 1 N–H and O–H groups in total. The molecule has 0 aliphatic carbocycles. The topological polar surface area (TPSA) is 24.5 Å². The van der Waals surface area contributed by atoms with Gasteiger partial charge < -0.3 is 10.1 Å². The monoisotopic (exact) mass is 292 g/mol. The molecule has 2 aliphatic heterocycles. The van der Waals surface area contributed by atoms with E-state index in [0.29, 0.717) is 17.8 Å². The lowest BCUT2D eigenvalue weighted by molar-refractivity contribution is -0.0390. The predicted molar refractivity (Wildman–Crippen MR) is 81.9 cm³/mol. The second kappa shape index (κ2) is 6.42. The van der Waals surface area contributed by atoms with Gasteiger partial charge in [0.1, 0.15) is 5.82 Å². The van der Waals surface area contributed by atoms with Crippen molar-refractivity contribution in [2.45, 2.75) is 44.4 Å². The Labute approximate surface area is 126 Å². The molecule has 1 aromatic rings. The molecule has 21 heavy (non-hydrogen) atoms. The highest BCUT2D eigenvalue weighted by atomic mass is 19.1. The summed E-state index contributed by atoms with van der Waals surface area (Å²) in [6.45, 7) is 4.94. The molecule has 2 bridgehead atoms. The van der Waals surface area contributed by atoms with Crippen molar-refractivity contribution in [2.75, 3.05) is 26.7 Å². The van der Waals surface area contributed by atoms with Gasteiger partial charge in [0, 0.05) is 25.7 Å². The fourth-order valence-corrected chi connectivity index (χ4v) is 3.50. The van der Waals surface area contributed by atoms with Crippen molar-refractivity contribution in [1.29, 1.82) is 0 Å². The van der Waals surface area contributed by atoms with Crippen molar-refractivity contribution in [2.24, 2.45) is 0 Å². The number of nitrogens with zero attached hydrogens (tertiary/aromatic N) is 1. The highest BCUT2D eigenvalue weighted by Crippen LogP contribution is 2.27. The standard InChI is InChI=1S/C17H25FN2O/c1-12-3-4-13(9-16(12)18)17(19-2)7-8-20-10-14-5-6-15(11-20)21-14/h3-4,9,14-15,17,19H,5-8,10-11H2,1-2H3. The van der Waals surface area contributed by atoms with Crippen LogP contribution >= 0.6 is 0 Å². The quantitative estimate of drug-likeness (QED) is 0.903. The third kappa shape index (κ3) is 3.44. The minimum absolute atomic E-state index is 0.114. The van der Waals surface area contributed by atoms with Crippen LogP contribution in [0.2, 0.25) is 0 Å². The second-order valence-electron chi connectivity index (χ2n) is 6.36. The maximum Gasteiger partial charge on any atom is 0.126 e. The SMILES string of the molecule is CNC(CCN1CC2CCC(C1)O2)c1ccc(C)c(F)c1. The Balaban J connectivity index is 1.58. The van der Waals surface area contributed by atoms with E-state index in [1.807, 2.05) is 19.2 Å². The van der Waals surface area contributed by atoms with Gasteiger partial charge in [-0.1, -0.05) is 12.1 Å². The van der Waals surface area contributed by atoms with E-state index >= 15 is 0 Å². The summed E-state index contributed by atoms with van der Waals surface area (Å²) in [4.78, 5) is 2.50. The molecular weight excluding hydrogens is 267 g/mol. The highest BCUT2D eigenvalue weighted by Gasteiger charge is 2.33. The molecule has 0 amide bonds. The van der Waals surface area contributed by atoms with E-state index in [0.717, 1.165) is 31.6 Å². The number of benzene rings is 1. The van der Waals surface area contributed by atoms with Crippen molar-refractivity contribution >= 4 is 0 Å². The maximum atomic E-state index is 13.7. The van der Waals surface area contributed by atoms with E-state index < -0.39 is 0 Å². The Hall–Kier alpha value is -0.970. The summed E-state index contributed by atoms with van der Waals surface area (Å²) in [5.74, 6) is -0.114. The van der Waals surface area contributed by atoms with Crippen LogP contribution in [0.1, 0.15) is 36.4 Å². The molecule has 4 heteroatoms. The Morgan fingerprint density at radius 3 is 2.67 bits per heavy atom. The van der Waals surface area contributed by atoms with Crippen LogP contribution in [-0.2, 0) is 4.74 Å². The summed E-state index contributed by atoms with van der Waals surface area (Å²) in [6.07, 6.45) is 4.29. The number of halogens is 1. The first kappa shape index (κ1) is 14.9. The van der Waals surface area contributed by atoms with Gasteiger partial charge in [-0.05, 0) is 50.4 Å². The molecule has 0 radical (unpaired) electrons. The molecule has 3 atom stereocenters. The average molecular weight is 292 g/mol. The fraction of sp³-hybridized carbons (Fsp3) is 0.647. The van der Waals surface area contributed by atoms with Crippen molar-refractivity contribution in [3.8, 4) is 0 Å². The summed E-state index contributed by atoms with van der Waals surface area (Å²) in [6, 6.07) is 5.77. The van der Waals surface area contributed by atoms with Gasteiger partial charge in [-0.2, -0.15) is 0 Å². The molecule has 116 valence electrons. The normalized spacial score (nSPS) is 27.0. The molecule has 0 aromatic heterocycles. The number of fused-ring (bicyclic) bond motifs is 2. The van der Waals surface area contributed by atoms with Crippen LogP contribution < -0.4 is 5.32 Å². The number of ether oxygens (including phenoxy) is 1. The van der Waals surface area contributed by atoms with Crippen molar-refractivity contribution in [3.05, 3.63) is 35.1 Å². The number of nitrogens with one attached hydrogen (secondary N) is 1. The first-order valence-corrected chi connectivity index (χ1v) is 7.97. The highest BCUT2D eigenvalue weighted by molar-refractivity contribution is 5.25. The van der Waals surface area contributed by atoms with E-state index in [1.54, 1.807) is 13.0 Å². The van der Waals surface area contributed by atoms with E-state index in [9.17, 15) is 4.39 Å². The summed E-state index contributed by atoms with van der Waals surface area (Å²) < 4.78 is 19.6. The molecule has 0 saturated carbocycles. The molecule has 2 aliphatic rings. The first-order chi connectivity index (χ1) is 10.2. The van der Waals surface area contributed by atoms with Crippen LogP contribution in [-0.4, -0.2) is 43.8 Å². The molecular formula is C17H25FN2O. The van der Waals surface area contributed by atoms with Gasteiger partial charge in [-0.3, -0.25) is 4.90 Å². The van der Waals surface area contributed by atoms with Crippen LogP contribution in [0.4, 0.5) is 4.39 Å². The van der Waals surface area contributed by atoms with Gasteiger partial charge >= 0.3 is 0 Å². The average Bonchev–Trinajstić information content (AvgIpc) is 2.82. The smallest absolute Gasteiger partial charge is 0.126 e. The van der Waals surface area contributed by atoms with Gasteiger partial charge in [-0.15, -0.1) is 0 Å². The van der Waals surface area contributed by atoms with Gasteiger partial charge in [0.2, 0.25) is 0 Å². The molecule has 0 spiro atoms. The zero-order valence-corrected chi connectivity index (χ0v) is 12.9. The van der Waals surface area contributed by atoms with Crippen LogP contribution in [0.25, 0.3) is 0 Å². The van der Waals surface area contributed by atoms with E-state index in [4.69, 9.17) is 4.74 Å². The molecule has 3 nitrogen and oxygen atoms in total. The second-order valence-corrected chi connectivity index (χ2v) is 6.36. The van der Waals surface area contributed by atoms with Gasteiger partial charge in [0.25, 0.3) is 0 Å². The predicted octanol–water partition coefficient (Wildman–Crippen LogP) is 2.65. The van der Waals surface area contributed by atoms with Crippen molar-refractivity contribution in [3.63, 3.8) is 0 Å². The van der Waals surface area contributed by atoms with Crippen LogP contribution in [0.15, 0.2) is 18.2 Å². The first-order valence-electron chi connectivity index (χ1n) is 7.97.